The Balaban J connectivity index is 0.904. The minimum Gasteiger partial charge on any atom is -0.488 e. The first-order chi connectivity index (χ1) is 32.3. The number of carbonyl (C=O) groups is 3. The zero-order valence-corrected chi connectivity index (χ0v) is 38.8. The van der Waals surface area contributed by atoms with Crippen molar-refractivity contribution >= 4 is 39.7 Å². The van der Waals surface area contributed by atoms with Crippen LogP contribution in [0, 0.1) is 11.8 Å². The van der Waals surface area contributed by atoms with Crippen LogP contribution in [0.1, 0.15) is 94.8 Å². The zero-order chi connectivity index (χ0) is 46.6. The molecule has 4 aromatic carbocycles. The van der Waals surface area contributed by atoms with Crippen molar-refractivity contribution in [2.24, 2.45) is 11.8 Å². The molecule has 67 heavy (non-hydrogen) atoms. The molecule has 4 aliphatic heterocycles. The van der Waals surface area contributed by atoms with E-state index in [1.165, 1.54) is 0 Å². The number of alkyl carbamates (subject to hydrolysis) is 1. The highest BCUT2D eigenvalue weighted by Crippen LogP contribution is 2.44. The van der Waals surface area contributed by atoms with Crippen molar-refractivity contribution in [3.63, 3.8) is 0 Å². The molecule has 10 rings (SSSR count). The molecule has 3 amide bonds. The fourth-order valence-corrected chi connectivity index (χ4v) is 10.0. The van der Waals surface area contributed by atoms with Crippen LogP contribution in [0.5, 0.6) is 5.75 Å². The number of likely N-dealkylation sites (tertiary alicyclic amines) is 2. The molecular formula is C51H58N8O8. The van der Waals surface area contributed by atoms with Crippen LogP contribution in [-0.2, 0) is 35.1 Å². The van der Waals surface area contributed by atoms with Gasteiger partial charge in [-0.15, -0.1) is 0 Å². The highest BCUT2D eigenvalue weighted by atomic mass is 16.9. The van der Waals surface area contributed by atoms with E-state index in [9.17, 15) is 14.4 Å². The summed E-state index contributed by atoms with van der Waals surface area (Å²) >= 11 is 0. The number of nitrogens with zero attached hydrogens (tertiary/aromatic N) is 4. The van der Waals surface area contributed by atoms with Crippen LogP contribution in [0.4, 0.5) is 4.79 Å². The Labute approximate surface area is 389 Å². The maximum absolute atomic E-state index is 14.7. The minimum absolute atomic E-state index is 0.0205. The lowest BCUT2D eigenvalue weighted by Gasteiger charge is -2.35. The molecule has 2 aromatic heterocycles. The largest absolute Gasteiger partial charge is 0.488 e. The fraction of sp³-hybridized carbons (Fsp3) is 0.431. The Morgan fingerprint density at radius 2 is 1.75 bits per heavy atom. The van der Waals surface area contributed by atoms with E-state index in [4.69, 9.17) is 33.7 Å². The van der Waals surface area contributed by atoms with E-state index in [1.54, 1.807) is 27.9 Å². The molecule has 0 unspecified atom stereocenters. The van der Waals surface area contributed by atoms with Gasteiger partial charge in [0.05, 0.1) is 47.7 Å². The second kappa shape index (κ2) is 18.1. The Kier molecular flexibility index (Phi) is 12.0. The maximum atomic E-state index is 14.7. The standard InChI is InChI=1S/C51H58N8O8/c1-28(2)42(57-50-65-27-66-50)47(60)58-18-10-13-39(58)45-52-23-38(54-45)32-14-16-34-33(20-32)26-64-41-22-35-31(21-36(34)41)15-17-37-44(35)55-46(53-37)40-19-29(25-63-6)24-59(40)48(61)43(30-11-8-7-9-12-30)56-49(62)67-51(3,4)5/h7-9,11-12,14-17,20-23,28-29,39-40,42-43,50,57H,10,13,18-19,24-27H2,1-6H3,(H,52,54)(H,53,55)(H,56,62)/t29-,39-,40-,42-,43+/m0/s1. The lowest BCUT2D eigenvalue weighted by Crippen LogP contribution is -2.56. The van der Waals surface area contributed by atoms with Crippen LogP contribution in [0.2, 0.25) is 0 Å². The number of ether oxygens (including phenoxy) is 5. The molecule has 6 aromatic rings. The molecule has 0 bridgehead atoms. The minimum atomic E-state index is -0.973. The van der Waals surface area contributed by atoms with E-state index >= 15 is 0 Å². The Hall–Kier alpha value is -6.33. The van der Waals surface area contributed by atoms with Crippen LogP contribution < -0.4 is 15.4 Å². The third kappa shape index (κ3) is 8.86. The summed E-state index contributed by atoms with van der Waals surface area (Å²) in [5, 5.41) is 8.04. The van der Waals surface area contributed by atoms with Gasteiger partial charge in [0.15, 0.2) is 6.79 Å². The van der Waals surface area contributed by atoms with E-state index < -0.39 is 36.2 Å². The summed E-state index contributed by atoms with van der Waals surface area (Å²) < 4.78 is 28.4. The second-order valence-electron chi connectivity index (χ2n) is 19.4. The van der Waals surface area contributed by atoms with E-state index in [-0.39, 0.29) is 36.5 Å². The second-order valence-corrected chi connectivity index (χ2v) is 19.4. The van der Waals surface area contributed by atoms with Gasteiger partial charge < -0.3 is 48.8 Å². The molecule has 16 nitrogen and oxygen atoms in total. The number of benzene rings is 4. The highest BCUT2D eigenvalue weighted by Gasteiger charge is 2.42. The van der Waals surface area contributed by atoms with E-state index in [2.05, 4.69) is 57.0 Å². The van der Waals surface area contributed by atoms with Gasteiger partial charge in [0.25, 0.3) is 5.91 Å². The summed E-state index contributed by atoms with van der Waals surface area (Å²) in [5.41, 5.74) is 6.54. The van der Waals surface area contributed by atoms with Gasteiger partial charge in [0.2, 0.25) is 12.3 Å². The summed E-state index contributed by atoms with van der Waals surface area (Å²) in [6, 6.07) is 22.0. The lowest BCUT2D eigenvalue weighted by atomic mass is 9.92. The van der Waals surface area contributed by atoms with E-state index in [0.29, 0.717) is 44.1 Å². The number of imidazole rings is 2. The van der Waals surface area contributed by atoms with Crippen molar-refractivity contribution in [2.75, 3.05) is 33.6 Å². The number of H-pyrrole nitrogens is 2. The van der Waals surface area contributed by atoms with Crippen molar-refractivity contribution in [2.45, 2.75) is 96.7 Å². The molecule has 16 heteroatoms. The number of methoxy groups -OCH3 is 1. The van der Waals surface area contributed by atoms with Crippen LogP contribution >= 0.6 is 0 Å². The van der Waals surface area contributed by atoms with Gasteiger partial charge in [-0.05, 0) is 97.9 Å². The summed E-state index contributed by atoms with van der Waals surface area (Å²) in [7, 11) is 1.67. The molecule has 350 valence electrons. The Morgan fingerprint density at radius 3 is 2.49 bits per heavy atom. The molecule has 3 fully saturated rings. The predicted molar refractivity (Wildman–Crippen MR) is 250 cm³/mol. The topological polar surface area (TPSA) is 185 Å². The number of hydrogen-bond acceptors (Lipinski definition) is 11. The first kappa shape index (κ1) is 44.5. The average Bonchev–Trinajstić information content (AvgIpc) is 4.13. The van der Waals surface area contributed by atoms with Crippen LogP contribution in [-0.4, -0.2) is 99.3 Å². The van der Waals surface area contributed by atoms with Crippen molar-refractivity contribution in [3.8, 4) is 28.1 Å². The monoisotopic (exact) mass is 910 g/mol. The summed E-state index contributed by atoms with van der Waals surface area (Å²) in [6.07, 6.45) is 2.97. The smallest absolute Gasteiger partial charge is 0.408 e. The molecule has 6 heterocycles. The summed E-state index contributed by atoms with van der Waals surface area (Å²) in [4.78, 5) is 62.4. The molecule has 3 saturated heterocycles. The van der Waals surface area contributed by atoms with E-state index in [1.807, 2.05) is 66.2 Å². The Bertz CT molecular complexity index is 2810. The quantitative estimate of drug-likeness (QED) is 0.0932. The first-order valence-electron chi connectivity index (χ1n) is 23.2. The molecule has 0 aliphatic carbocycles. The third-order valence-corrected chi connectivity index (χ3v) is 13.2. The van der Waals surface area contributed by atoms with Gasteiger partial charge in [0, 0.05) is 37.1 Å². The number of amides is 3. The van der Waals surface area contributed by atoms with Gasteiger partial charge in [-0.3, -0.25) is 14.9 Å². The lowest BCUT2D eigenvalue weighted by molar-refractivity contribution is -0.335. The van der Waals surface area contributed by atoms with Crippen molar-refractivity contribution in [3.05, 3.63) is 102 Å². The molecule has 4 aliphatic rings. The van der Waals surface area contributed by atoms with Crippen molar-refractivity contribution in [1.29, 1.82) is 0 Å². The normalized spacial score (nSPS) is 20.4. The molecule has 0 radical (unpaired) electrons. The van der Waals surface area contributed by atoms with Crippen LogP contribution in [0.15, 0.2) is 79.0 Å². The molecule has 0 spiro atoms. The number of carbonyl (C=O) groups excluding carboxylic acids is 3. The van der Waals surface area contributed by atoms with Gasteiger partial charge in [0.1, 0.15) is 35.6 Å². The van der Waals surface area contributed by atoms with Gasteiger partial charge in [-0.2, -0.15) is 0 Å². The van der Waals surface area contributed by atoms with Crippen LogP contribution in [0.25, 0.3) is 44.2 Å². The van der Waals surface area contributed by atoms with Gasteiger partial charge in [-0.1, -0.05) is 62.4 Å². The fourth-order valence-electron chi connectivity index (χ4n) is 10.0. The summed E-state index contributed by atoms with van der Waals surface area (Å²) in [5.74, 6) is 2.07. The zero-order valence-electron chi connectivity index (χ0n) is 38.8. The van der Waals surface area contributed by atoms with Gasteiger partial charge >= 0.3 is 6.09 Å². The van der Waals surface area contributed by atoms with Crippen molar-refractivity contribution < 1.29 is 38.1 Å². The molecule has 4 N–H and O–H groups in total. The number of aromatic amines is 2. The van der Waals surface area contributed by atoms with Crippen LogP contribution in [0.3, 0.4) is 0 Å². The van der Waals surface area contributed by atoms with E-state index in [0.717, 1.165) is 74.2 Å². The van der Waals surface area contributed by atoms with Gasteiger partial charge in [-0.25, -0.2) is 14.8 Å². The number of nitrogens with one attached hydrogen (secondary N) is 4. The highest BCUT2D eigenvalue weighted by molar-refractivity contribution is 6.07. The number of aromatic nitrogens is 4. The predicted octanol–water partition coefficient (Wildman–Crippen LogP) is 8.03. The third-order valence-electron chi connectivity index (χ3n) is 13.2. The molecule has 5 atom stereocenters. The Morgan fingerprint density at radius 1 is 0.925 bits per heavy atom. The number of fused-ring (bicyclic) bond motifs is 6. The SMILES string of the molecule is COC[C@H]1C[C@@H](c2nc3ccc4cc5c(cc4c3[nH]2)OCc2cc(-c3cnc([C@@H]4CCCN4C(=O)[C@@H](NC4OCO4)C(C)C)[nH]3)ccc2-5)N(C(=O)[C@H](NC(=O)OC(C)(C)C)c2ccccc2)C1. The maximum Gasteiger partial charge on any atom is 0.408 e. The average molecular weight is 911 g/mol. The summed E-state index contributed by atoms with van der Waals surface area (Å²) in [6.45, 7) is 11.6. The molecule has 0 saturated carbocycles. The van der Waals surface area contributed by atoms with Crippen molar-refractivity contribution in [1.82, 2.24) is 40.4 Å². The number of hydrogen-bond donors (Lipinski definition) is 4. The first-order valence-corrected chi connectivity index (χ1v) is 23.2. The number of rotatable bonds is 12. The molecular weight excluding hydrogens is 853 g/mol.